The molecule has 0 unspecified atom stereocenters. The van der Waals surface area contributed by atoms with Gasteiger partial charge in [-0.1, -0.05) is 42.3 Å². The number of imide groups is 1. The van der Waals surface area contributed by atoms with Crippen LogP contribution in [0.3, 0.4) is 0 Å². The Hall–Kier alpha value is -7.96. The smallest absolute Gasteiger partial charge is 0.409 e. The van der Waals surface area contributed by atoms with Crippen LogP contribution in [0.15, 0.2) is 66.9 Å². The van der Waals surface area contributed by atoms with E-state index >= 15 is 8.78 Å². The fourth-order valence-electron chi connectivity index (χ4n) is 13.7. The number of carbonyl (C=O) groups is 4. The zero-order chi connectivity index (χ0) is 55.0. The Morgan fingerprint density at radius 1 is 0.925 bits per heavy atom. The molecular formula is C59H63F2N13O6. The monoisotopic (exact) mass is 1090 g/mol. The normalized spacial score (nSPS) is 23.8. The molecule has 3 aromatic heterocycles. The first-order valence-corrected chi connectivity index (χ1v) is 28.0. The average molecular weight is 1090 g/mol. The number of terminal acetylenes is 1. The van der Waals surface area contributed by atoms with Gasteiger partial charge in [0.25, 0.3) is 0 Å². The van der Waals surface area contributed by atoms with Crippen molar-refractivity contribution in [1.82, 2.24) is 50.1 Å². The van der Waals surface area contributed by atoms with Crippen LogP contribution in [0.4, 0.5) is 35.7 Å². The van der Waals surface area contributed by atoms with Crippen molar-refractivity contribution in [2.24, 2.45) is 13.0 Å². The lowest BCUT2D eigenvalue weighted by atomic mass is 9.94. The number of fused-ring (bicyclic) bond motifs is 6. The van der Waals surface area contributed by atoms with Crippen molar-refractivity contribution in [3.63, 3.8) is 0 Å². The number of piperidine rings is 2. The Labute approximate surface area is 461 Å². The Morgan fingerprint density at radius 2 is 1.71 bits per heavy atom. The van der Waals surface area contributed by atoms with Crippen molar-refractivity contribution in [2.45, 2.75) is 93.9 Å². The molecule has 4 atom stereocenters. The van der Waals surface area contributed by atoms with Crippen LogP contribution in [0.1, 0.15) is 69.8 Å². The van der Waals surface area contributed by atoms with E-state index in [1.54, 1.807) is 40.0 Å². The number of hydrogen-bond acceptors (Lipinski definition) is 14. The molecule has 414 valence electrons. The maximum Gasteiger partial charge on any atom is 0.409 e. The fraction of sp³-hybridized carbons (Fsp3) is 0.458. The Balaban J connectivity index is 0.626. The molecule has 5 amide bonds. The minimum atomic E-state index is -0.686. The summed E-state index contributed by atoms with van der Waals surface area (Å²) in [7, 11) is 1.83. The van der Waals surface area contributed by atoms with Gasteiger partial charge in [0, 0.05) is 124 Å². The average Bonchev–Trinajstić information content (AvgIpc) is 4.32. The highest BCUT2D eigenvalue weighted by atomic mass is 19.1. The topological polar surface area (TPSA) is 196 Å². The fourth-order valence-corrected chi connectivity index (χ4v) is 13.7. The molecule has 7 aliphatic heterocycles. The van der Waals surface area contributed by atoms with Gasteiger partial charge in [0.15, 0.2) is 11.6 Å². The number of amides is 5. The van der Waals surface area contributed by atoms with E-state index in [0.717, 1.165) is 60.7 Å². The molecule has 80 heavy (non-hydrogen) atoms. The maximum absolute atomic E-state index is 17.3. The predicted molar refractivity (Wildman–Crippen MR) is 297 cm³/mol. The van der Waals surface area contributed by atoms with Crippen LogP contribution >= 0.6 is 0 Å². The standard InChI is InChI=1S/C59H63F2N13O6/c1-4-42-46(60)13-8-35-6-5-7-44(49(35)42)51-50(61)52-45(28-62-51)53(72-30-39-9-10-40(31-72)64-39)67-56(66-52)80-33-59-20-14-41(74(59)29-34(2)27-59)32-79-58(78)71-21-15-36(16-22-71)55(76)70-23-17-37(18-24-70)63-38-11-12-43-47(26-38)69(3)68-54(43)73-25-19-48(75)65-57(73)77/h1,5-8,11-13,26,28,36-37,39-41,63-64H,2,9-10,14-25,27,29-33H2,3H3,(H,65,75,77)/t39-,40+,41-,59-/m0/s1. The van der Waals surface area contributed by atoms with Crippen molar-refractivity contribution in [1.29, 1.82) is 0 Å². The summed E-state index contributed by atoms with van der Waals surface area (Å²) in [4.78, 5) is 75.8. The number of anilines is 3. The molecule has 0 spiro atoms. The number of nitrogens with one attached hydrogen (secondary N) is 3. The highest BCUT2D eigenvalue weighted by Crippen LogP contribution is 2.45. The lowest BCUT2D eigenvalue weighted by molar-refractivity contribution is -0.138. The highest BCUT2D eigenvalue weighted by Gasteiger charge is 2.52. The molecule has 3 N–H and O–H groups in total. The van der Waals surface area contributed by atoms with Crippen molar-refractivity contribution in [2.75, 3.05) is 80.7 Å². The van der Waals surface area contributed by atoms with Gasteiger partial charge >= 0.3 is 18.1 Å². The second-order valence-corrected chi connectivity index (χ2v) is 22.8. The number of hydrogen-bond donors (Lipinski definition) is 3. The summed E-state index contributed by atoms with van der Waals surface area (Å²) in [5.74, 6) is 1.92. The molecular weight excluding hydrogens is 1020 g/mol. The summed E-state index contributed by atoms with van der Waals surface area (Å²) in [5, 5.41) is 16.6. The molecule has 2 bridgehead atoms. The number of carbonyl (C=O) groups excluding carboxylic acids is 4. The summed E-state index contributed by atoms with van der Waals surface area (Å²) in [5.41, 5.74) is 2.77. The molecule has 21 heteroatoms. The molecule has 7 saturated heterocycles. The number of pyridine rings is 1. The van der Waals surface area contributed by atoms with Gasteiger partial charge < -0.3 is 34.8 Å². The second kappa shape index (κ2) is 20.6. The highest BCUT2D eigenvalue weighted by molar-refractivity contribution is 6.09. The third-order valence-electron chi connectivity index (χ3n) is 17.8. The summed E-state index contributed by atoms with van der Waals surface area (Å²) in [6.07, 6.45) is 14.2. The Bertz CT molecular complexity index is 3560. The molecule has 0 radical (unpaired) electrons. The number of likely N-dealkylation sites (tertiary alicyclic amines) is 2. The van der Waals surface area contributed by atoms with E-state index in [1.165, 1.54) is 11.0 Å². The molecule has 3 aromatic carbocycles. The van der Waals surface area contributed by atoms with Crippen molar-refractivity contribution < 1.29 is 37.4 Å². The molecule has 0 saturated carbocycles. The minimum Gasteiger partial charge on any atom is -0.461 e. The van der Waals surface area contributed by atoms with Crippen LogP contribution in [0.2, 0.25) is 0 Å². The van der Waals surface area contributed by atoms with Gasteiger partial charge in [-0.2, -0.15) is 15.1 Å². The molecule has 7 fully saturated rings. The number of piperazine rings is 1. The van der Waals surface area contributed by atoms with Gasteiger partial charge in [-0.15, -0.1) is 6.42 Å². The molecule has 13 rings (SSSR count). The minimum absolute atomic E-state index is 0.00605. The molecule has 6 aromatic rings. The molecule has 10 heterocycles. The predicted octanol–water partition coefficient (Wildman–Crippen LogP) is 6.87. The summed E-state index contributed by atoms with van der Waals surface area (Å²) < 4.78 is 46.7. The number of aromatic nitrogens is 5. The van der Waals surface area contributed by atoms with E-state index < -0.39 is 23.2 Å². The van der Waals surface area contributed by atoms with Crippen molar-refractivity contribution in [3.8, 4) is 29.6 Å². The zero-order valence-corrected chi connectivity index (χ0v) is 44.7. The summed E-state index contributed by atoms with van der Waals surface area (Å²) in [6, 6.07) is 14.3. The van der Waals surface area contributed by atoms with Crippen LogP contribution in [0.25, 0.3) is 43.8 Å². The number of halogens is 2. The number of urea groups is 1. The third kappa shape index (κ3) is 9.34. The van der Waals surface area contributed by atoms with Crippen molar-refractivity contribution >= 4 is 73.8 Å². The van der Waals surface area contributed by atoms with E-state index in [0.29, 0.717) is 98.4 Å². The lowest BCUT2D eigenvalue weighted by Crippen LogP contribution is -2.51. The Kier molecular flexibility index (Phi) is 13.3. The van der Waals surface area contributed by atoms with Crippen molar-refractivity contribution in [3.05, 3.63) is 84.1 Å². The van der Waals surface area contributed by atoms with Gasteiger partial charge in [-0.3, -0.25) is 34.4 Å². The zero-order valence-electron chi connectivity index (χ0n) is 44.7. The van der Waals surface area contributed by atoms with E-state index in [1.807, 2.05) is 30.1 Å². The summed E-state index contributed by atoms with van der Waals surface area (Å²) >= 11 is 0. The number of benzene rings is 3. The van der Waals surface area contributed by atoms with E-state index in [2.05, 4.69) is 48.3 Å². The quantitative estimate of drug-likeness (QED) is 0.0898. The SMILES string of the molecule is C#Cc1c(F)ccc2cccc(-c3ncc4c(N5C[C@H]6CC[C@@H](C5)N6)nc(OC[C@@]56CC[C@@H](COC(=O)N7CCC(C(=O)N8CCC(Nc9ccc%10c(N%11CCC(=O)NC%11=O)nn(C)c%10c9)CC8)CC7)N5CC(=C)C6)nc4c3F)c12. The van der Waals surface area contributed by atoms with Gasteiger partial charge in [0.1, 0.15) is 36.1 Å². The third-order valence-corrected chi connectivity index (χ3v) is 17.8. The van der Waals surface area contributed by atoms with Gasteiger partial charge in [-0.05, 0) is 87.4 Å². The molecule has 7 aliphatic rings. The first-order valence-electron chi connectivity index (χ1n) is 28.0. The van der Waals surface area contributed by atoms with Gasteiger partial charge in [-0.25, -0.2) is 18.4 Å². The second-order valence-electron chi connectivity index (χ2n) is 22.8. The van der Waals surface area contributed by atoms with Gasteiger partial charge in [0.2, 0.25) is 11.8 Å². The van der Waals surface area contributed by atoms with E-state index in [-0.39, 0.29) is 97.0 Å². The lowest BCUT2D eigenvalue weighted by Gasteiger charge is -2.37. The van der Waals surface area contributed by atoms with E-state index in [9.17, 15) is 19.2 Å². The van der Waals surface area contributed by atoms with Gasteiger partial charge in [0.05, 0.1) is 22.0 Å². The number of ether oxygens (including phenoxy) is 2. The largest absolute Gasteiger partial charge is 0.461 e. The van der Waals surface area contributed by atoms with E-state index in [4.69, 9.17) is 25.9 Å². The summed E-state index contributed by atoms with van der Waals surface area (Å²) in [6.45, 7) is 9.13. The molecule has 19 nitrogen and oxygen atoms in total. The number of rotatable bonds is 11. The van der Waals surface area contributed by atoms with Crippen LogP contribution in [-0.2, 0) is 21.4 Å². The molecule has 0 aliphatic carbocycles. The van der Waals surface area contributed by atoms with Crippen LogP contribution in [0, 0.1) is 29.9 Å². The van der Waals surface area contributed by atoms with Crippen LogP contribution < -0.4 is 30.5 Å². The maximum atomic E-state index is 17.3. The first kappa shape index (κ1) is 51.5. The van der Waals surface area contributed by atoms with Crippen LogP contribution in [0.5, 0.6) is 6.01 Å². The number of nitrogens with zero attached hydrogens (tertiary/aromatic N) is 10. The van der Waals surface area contributed by atoms with Crippen LogP contribution in [-0.4, -0.2) is 159 Å². The first-order chi connectivity index (χ1) is 38.8. The Morgan fingerprint density at radius 3 is 2.49 bits per heavy atom. The number of aryl methyl sites for hydroxylation is 1.